The Labute approximate surface area is 139 Å². The maximum atomic E-state index is 12.0. The summed E-state index contributed by atoms with van der Waals surface area (Å²) >= 11 is 0. The molecule has 1 aliphatic rings. The van der Waals surface area contributed by atoms with Gasteiger partial charge in [0, 0.05) is 27.2 Å². The van der Waals surface area contributed by atoms with E-state index in [0.717, 1.165) is 30.5 Å². The molecule has 2 N–H and O–H groups in total. The molecule has 0 radical (unpaired) electrons. The predicted molar refractivity (Wildman–Crippen MR) is 92.9 cm³/mol. The van der Waals surface area contributed by atoms with Gasteiger partial charge in [-0.2, -0.15) is 0 Å². The molecule has 0 heterocycles. The summed E-state index contributed by atoms with van der Waals surface area (Å²) in [6.07, 6.45) is 2.60. The van der Waals surface area contributed by atoms with Crippen LogP contribution in [0, 0.1) is 5.92 Å². The molecule has 1 saturated carbocycles. The Balaban J connectivity index is 1.99. The summed E-state index contributed by atoms with van der Waals surface area (Å²) in [4.78, 5) is 4.84. The zero-order valence-corrected chi connectivity index (χ0v) is 14.9. The first-order valence-corrected chi connectivity index (χ1v) is 9.41. The SMILES string of the molecule is CCNC(=NCc1ccc(S(=O)(=O)N(C)C)cc1)NCC1CC1. The van der Waals surface area contributed by atoms with Crippen molar-refractivity contribution in [2.45, 2.75) is 31.2 Å². The standard InChI is InChI=1S/C16H26N4O2S/c1-4-17-16(18-11-13-5-6-13)19-12-14-7-9-15(10-8-14)23(21,22)20(2)3/h7-10,13H,4-6,11-12H2,1-3H3,(H2,17,18,19). The highest BCUT2D eigenvalue weighted by Crippen LogP contribution is 2.27. The third-order valence-corrected chi connectivity index (χ3v) is 5.55. The Morgan fingerprint density at radius 3 is 2.39 bits per heavy atom. The van der Waals surface area contributed by atoms with E-state index in [2.05, 4.69) is 15.6 Å². The van der Waals surface area contributed by atoms with Crippen LogP contribution in [0.1, 0.15) is 25.3 Å². The maximum Gasteiger partial charge on any atom is 0.242 e. The largest absolute Gasteiger partial charge is 0.357 e. The Morgan fingerprint density at radius 1 is 1.22 bits per heavy atom. The van der Waals surface area contributed by atoms with Crippen molar-refractivity contribution in [3.63, 3.8) is 0 Å². The predicted octanol–water partition coefficient (Wildman–Crippen LogP) is 1.40. The van der Waals surface area contributed by atoms with E-state index in [4.69, 9.17) is 0 Å². The fourth-order valence-corrected chi connectivity index (χ4v) is 2.95. The van der Waals surface area contributed by atoms with Crippen LogP contribution in [0.25, 0.3) is 0 Å². The monoisotopic (exact) mass is 338 g/mol. The first kappa shape index (κ1) is 17.7. The molecule has 0 saturated heterocycles. The van der Waals surface area contributed by atoms with Crippen LogP contribution in [0.3, 0.4) is 0 Å². The molecule has 128 valence electrons. The molecule has 1 aliphatic carbocycles. The lowest BCUT2D eigenvalue weighted by Gasteiger charge is -2.12. The first-order valence-electron chi connectivity index (χ1n) is 7.97. The minimum Gasteiger partial charge on any atom is -0.357 e. The van der Waals surface area contributed by atoms with Crippen molar-refractivity contribution in [3.05, 3.63) is 29.8 Å². The smallest absolute Gasteiger partial charge is 0.242 e. The summed E-state index contributed by atoms with van der Waals surface area (Å²) in [5.41, 5.74) is 0.978. The molecule has 0 aliphatic heterocycles. The summed E-state index contributed by atoms with van der Waals surface area (Å²) in [5, 5.41) is 6.56. The number of guanidine groups is 1. The fourth-order valence-electron chi connectivity index (χ4n) is 2.05. The number of aliphatic imine (C=N–C) groups is 1. The highest BCUT2D eigenvalue weighted by atomic mass is 32.2. The molecular weight excluding hydrogens is 312 g/mol. The average molecular weight is 338 g/mol. The van der Waals surface area contributed by atoms with E-state index in [1.807, 2.05) is 19.1 Å². The number of sulfonamides is 1. The van der Waals surface area contributed by atoms with Crippen molar-refractivity contribution in [2.75, 3.05) is 27.2 Å². The minimum atomic E-state index is -3.37. The van der Waals surface area contributed by atoms with Gasteiger partial charge >= 0.3 is 0 Å². The number of hydrogen-bond acceptors (Lipinski definition) is 3. The quantitative estimate of drug-likeness (QED) is 0.582. The highest BCUT2D eigenvalue weighted by Gasteiger charge is 2.21. The van der Waals surface area contributed by atoms with E-state index >= 15 is 0 Å². The van der Waals surface area contributed by atoms with Gasteiger partial charge in [0.05, 0.1) is 11.4 Å². The van der Waals surface area contributed by atoms with E-state index in [1.54, 1.807) is 12.1 Å². The molecule has 7 heteroatoms. The van der Waals surface area contributed by atoms with Crippen LogP contribution in [-0.4, -0.2) is 45.9 Å². The van der Waals surface area contributed by atoms with Gasteiger partial charge < -0.3 is 10.6 Å². The Kier molecular flexibility index (Phi) is 6.01. The second-order valence-electron chi connectivity index (χ2n) is 5.95. The molecular formula is C16H26N4O2S. The van der Waals surface area contributed by atoms with Gasteiger partial charge in [-0.3, -0.25) is 0 Å². The molecule has 2 rings (SSSR count). The molecule has 1 aromatic rings. The molecule has 0 aromatic heterocycles. The molecule has 0 bridgehead atoms. The van der Waals surface area contributed by atoms with Crippen LogP contribution in [0.5, 0.6) is 0 Å². The van der Waals surface area contributed by atoms with E-state index in [9.17, 15) is 8.42 Å². The molecule has 0 amide bonds. The van der Waals surface area contributed by atoms with Crippen LogP contribution in [-0.2, 0) is 16.6 Å². The molecule has 0 spiro atoms. The zero-order valence-electron chi connectivity index (χ0n) is 14.0. The van der Waals surface area contributed by atoms with Crippen molar-refractivity contribution >= 4 is 16.0 Å². The van der Waals surface area contributed by atoms with Gasteiger partial charge in [-0.25, -0.2) is 17.7 Å². The van der Waals surface area contributed by atoms with E-state index in [1.165, 1.54) is 31.2 Å². The second-order valence-corrected chi connectivity index (χ2v) is 8.10. The molecule has 0 unspecified atom stereocenters. The number of nitrogens with one attached hydrogen (secondary N) is 2. The number of hydrogen-bond donors (Lipinski definition) is 2. The molecule has 1 aromatic carbocycles. The normalized spacial score (nSPS) is 15.7. The van der Waals surface area contributed by atoms with Crippen LogP contribution >= 0.6 is 0 Å². The third-order valence-electron chi connectivity index (χ3n) is 3.72. The van der Waals surface area contributed by atoms with E-state index in [-0.39, 0.29) is 0 Å². The van der Waals surface area contributed by atoms with Gasteiger partial charge in [-0.05, 0) is 43.4 Å². The minimum absolute atomic E-state index is 0.300. The Hall–Kier alpha value is -1.60. The molecule has 23 heavy (non-hydrogen) atoms. The van der Waals surface area contributed by atoms with Gasteiger partial charge in [0.2, 0.25) is 10.0 Å². The first-order chi connectivity index (χ1) is 10.9. The van der Waals surface area contributed by atoms with Crippen molar-refractivity contribution in [2.24, 2.45) is 10.9 Å². The van der Waals surface area contributed by atoms with Gasteiger partial charge in [-0.1, -0.05) is 12.1 Å². The second kappa shape index (κ2) is 7.79. The molecule has 0 atom stereocenters. The lowest BCUT2D eigenvalue weighted by atomic mass is 10.2. The van der Waals surface area contributed by atoms with E-state index < -0.39 is 10.0 Å². The molecule has 6 nitrogen and oxygen atoms in total. The summed E-state index contributed by atoms with van der Waals surface area (Å²) in [6, 6.07) is 6.88. The van der Waals surface area contributed by atoms with Gasteiger partial charge in [0.1, 0.15) is 0 Å². The van der Waals surface area contributed by atoms with Crippen molar-refractivity contribution in [3.8, 4) is 0 Å². The average Bonchev–Trinajstić information content (AvgIpc) is 3.34. The maximum absolute atomic E-state index is 12.0. The summed E-state index contributed by atoms with van der Waals surface area (Å²) in [7, 11) is -0.313. The summed E-state index contributed by atoms with van der Waals surface area (Å²) < 4.78 is 25.3. The number of nitrogens with zero attached hydrogens (tertiary/aromatic N) is 2. The topological polar surface area (TPSA) is 73.8 Å². The lowest BCUT2D eigenvalue weighted by molar-refractivity contribution is 0.520. The van der Waals surface area contributed by atoms with Crippen LogP contribution in [0.2, 0.25) is 0 Å². The van der Waals surface area contributed by atoms with E-state index in [0.29, 0.717) is 11.4 Å². The number of benzene rings is 1. The summed E-state index contributed by atoms with van der Waals surface area (Å²) in [5.74, 6) is 1.60. The fraction of sp³-hybridized carbons (Fsp3) is 0.562. The van der Waals surface area contributed by atoms with Crippen molar-refractivity contribution in [1.82, 2.24) is 14.9 Å². The van der Waals surface area contributed by atoms with Crippen molar-refractivity contribution in [1.29, 1.82) is 0 Å². The number of rotatable bonds is 7. The molecule has 1 fully saturated rings. The van der Waals surface area contributed by atoms with Crippen LogP contribution in [0.4, 0.5) is 0 Å². The van der Waals surface area contributed by atoms with Gasteiger partial charge in [0.25, 0.3) is 0 Å². The Morgan fingerprint density at radius 2 is 1.87 bits per heavy atom. The Bertz CT molecular complexity index is 635. The zero-order chi connectivity index (χ0) is 16.9. The summed E-state index contributed by atoms with van der Waals surface area (Å²) in [6.45, 7) is 4.33. The lowest BCUT2D eigenvalue weighted by Crippen LogP contribution is -2.38. The highest BCUT2D eigenvalue weighted by molar-refractivity contribution is 7.89. The van der Waals surface area contributed by atoms with Crippen LogP contribution < -0.4 is 10.6 Å². The van der Waals surface area contributed by atoms with Gasteiger partial charge in [0.15, 0.2) is 5.96 Å². The third kappa shape index (κ3) is 5.21. The van der Waals surface area contributed by atoms with Crippen LogP contribution in [0.15, 0.2) is 34.2 Å². The van der Waals surface area contributed by atoms with Crippen molar-refractivity contribution < 1.29 is 8.42 Å². The van der Waals surface area contributed by atoms with Gasteiger partial charge in [-0.15, -0.1) is 0 Å².